The van der Waals surface area contributed by atoms with Crippen molar-refractivity contribution in [1.29, 1.82) is 0 Å². The number of benzene rings is 3. The minimum Gasteiger partial charge on any atom is -0.206 e. The van der Waals surface area contributed by atoms with Crippen LogP contribution in [-0.4, -0.2) is 0 Å². The highest BCUT2D eigenvalue weighted by atomic mass is 19.1. The van der Waals surface area contributed by atoms with Gasteiger partial charge in [0.2, 0.25) is 0 Å². The van der Waals surface area contributed by atoms with Crippen molar-refractivity contribution in [3.8, 4) is 0 Å². The van der Waals surface area contributed by atoms with Gasteiger partial charge in [-0.15, -0.1) is 0 Å². The molecule has 1 atom stereocenters. The van der Waals surface area contributed by atoms with E-state index in [1.54, 1.807) is 6.07 Å². The second-order valence-corrected chi connectivity index (χ2v) is 9.87. The van der Waals surface area contributed by atoms with Crippen molar-refractivity contribution in [3.05, 3.63) is 106 Å². The van der Waals surface area contributed by atoms with Crippen molar-refractivity contribution in [2.45, 2.75) is 70.6 Å². The van der Waals surface area contributed by atoms with Crippen LogP contribution in [0, 0.1) is 11.7 Å². The van der Waals surface area contributed by atoms with Crippen molar-refractivity contribution in [3.63, 3.8) is 0 Å². The van der Waals surface area contributed by atoms with Crippen LogP contribution in [0.4, 0.5) is 4.39 Å². The van der Waals surface area contributed by atoms with Crippen molar-refractivity contribution >= 4 is 12.2 Å². The zero-order chi connectivity index (χ0) is 23.0. The number of halogens is 1. The zero-order valence-electron chi connectivity index (χ0n) is 20.1. The summed E-state index contributed by atoms with van der Waals surface area (Å²) in [6.07, 6.45) is 12.4. The fraction of sp³-hybridized carbons (Fsp3) is 0.375. The predicted molar refractivity (Wildman–Crippen MR) is 140 cm³/mol. The first kappa shape index (κ1) is 23.5. The van der Waals surface area contributed by atoms with E-state index in [0.717, 1.165) is 29.9 Å². The molecule has 0 spiro atoms. The second kappa shape index (κ2) is 11.5. The standard InChI is InChI=1S/C32H37F/c1-3-7-26-15-21-31(32(33)23-26)20-12-25-10-16-29(17-11-25)30-18-13-27(14-19-30)22-24(2)28-8-5-4-6-9-28/h4-6,8-12,15-17,20-21,23-24,27,30H,3,7,13-14,18-19,22H2,1-2H3/b20-12+. The van der Waals surface area contributed by atoms with E-state index in [1.807, 2.05) is 24.3 Å². The molecular formula is C32H37F. The van der Waals surface area contributed by atoms with Crippen LogP contribution >= 0.6 is 0 Å². The minimum atomic E-state index is -0.132. The van der Waals surface area contributed by atoms with E-state index in [0.29, 0.717) is 17.4 Å². The van der Waals surface area contributed by atoms with Crippen LogP contribution in [0.25, 0.3) is 12.2 Å². The molecule has 1 fully saturated rings. The summed E-state index contributed by atoms with van der Waals surface area (Å²) in [5.41, 5.74) is 5.78. The van der Waals surface area contributed by atoms with Gasteiger partial charge in [0.1, 0.15) is 5.82 Å². The Hall–Kier alpha value is -2.67. The molecule has 1 aliphatic rings. The quantitative estimate of drug-likeness (QED) is 0.306. The smallest absolute Gasteiger partial charge is 0.130 e. The average molecular weight is 441 g/mol. The fourth-order valence-corrected chi connectivity index (χ4v) is 5.36. The lowest BCUT2D eigenvalue weighted by atomic mass is 9.75. The van der Waals surface area contributed by atoms with Gasteiger partial charge in [0.25, 0.3) is 0 Å². The van der Waals surface area contributed by atoms with Gasteiger partial charge >= 0.3 is 0 Å². The van der Waals surface area contributed by atoms with Crippen molar-refractivity contribution in [2.24, 2.45) is 5.92 Å². The highest BCUT2D eigenvalue weighted by Crippen LogP contribution is 2.39. The first-order chi connectivity index (χ1) is 16.1. The Kier molecular flexibility index (Phi) is 8.15. The Labute approximate surface area is 199 Å². The van der Waals surface area contributed by atoms with Gasteiger partial charge in [0, 0.05) is 5.56 Å². The summed E-state index contributed by atoms with van der Waals surface area (Å²) in [5, 5.41) is 0. The molecule has 0 saturated heterocycles. The van der Waals surface area contributed by atoms with Gasteiger partial charge in [-0.3, -0.25) is 0 Å². The second-order valence-electron chi connectivity index (χ2n) is 9.87. The molecule has 1 saturated carbocycles. The van der Waals surface area contributed by atoms with Gasteiger partial charge in [-0.05, 0) is 84.6 Å². The summed E-state index contributed by atoms with van der Waals surface area (Å²) in [4.78, 5) is 0. The lowest BCUT2D eigenvalue weighted by Gasteiger charge is -2.30. The Balaban J connectivity index is 1.29. The summed E-state index contributed by atoms with van der Waals surface area (Å²) in [5.74, 6) is 2.03. The first-order valence-corrected chi connectivity index (χ1v) is 12.7. The molecule has 1 aliphatic carbocycles. The van der Waals surface area contributed by atoms with E-state index in [2.05, 4.69) is 68.4 Å². The number of hydrogen-bond acceptors (Lipinski definition) is 0. The Morgan fingerprint density at radius 3 is 2.27 bits per heavy atom. The van der Waals surface area contributed by atoms with Crippen LogP contribution in [0.3, 0.4) is 0 Å². The maximum atomic E-state index is 14.3. The molecule has 33 heavy (non-hydrogen) atoms. The molecule has 172 valence electrons. The van der Waals surface area contributed by atoms with Gasteiger partial charge in [-0.1, -0.05) is 99.2 Å². The highest BCUT2D eigenvalue weighted by Gasteiger charge is 2.24. The third kappa shape index (κ3) is 6.44. The molecule has 4 rings (SSSR count). The third-order valence-corrected chi connectivity index (χ3v) is 7.37. The molecular weight excluding hydrogens is 403 g/mol. The van der Waals surface area contributed by atoms with E-state index in [-0.39, 0.29) is 5.82 Å². The average Bonchev–Trinajstić information content (AvgIpc) is 2.85. The number of rotatable bonds is 8. The van der Waals surface area contributed by atoms with Gasteiger partial charge in [-0.25, -0.2) is 4.39 Å². The molecule has 0 radical (unpaired) electrons. The van der Waals surface area contributed by atoms with Gasteiger partial charge in [-0.2, -0.15) is 0 Å². The molecule has 0 nitrogen and oxygen atoms in total. The predicted octanol–water partition coefficient (Wildman–Crippen LogP) is 9.42. The van der Waals surface area contributed by atoms with Crippen LogP contribution in [0.2, 0.25) is 0 Å². The summed E-state index contributed by atoms with van der Waals surface area (Å²) >= 11 is 0. The third-order valence-electron chi connectivity index (χ3n) is 7.37. The summed E-state index contributed by atoms with van der Waals surface area (Å²) in [6, 6.07) is 25.4. The van der Waals surface area contributed by atoms with Gasteiger partial charge in [0.05, 0.1) is 0 Å². The molecule has 0 aliphatic heterocycles. The molecule has 0 aromatic heterocycles. The van der Waals surface area contributed by atoms with Crippen molar-refractivity contribution in [2.75, 3.05) is 0 Å². The Morgan fingerprint density at radius 1 is 0.879 bits per heavy atom. The monoisotopic (exact) mass is 440 g/mol. The van der Waals surface area contributed by atoms with E-state index >= 15 is 0 Å². The summed E-state index contributed by atoms with van der Waals surface area (Å²) in [6.45, 7) is 4.49. The lowest BCUT2D eigenvalue weighted by Crippen LogP contribution is -2.15. The van der Waals surface area contributed by atoms with Crippen LogP contribution < -0.4 is 0 Å². The first-order valence-electron chi connectivity index (χ1n) is 12.7. The minimum absolute atomic E-state index is 0.132. The summed E-state index contributed by atoms with van der Waals surface area (Å²) < 4.78 is 14.3. The number of aryl methyl sites for hydroxylation is 1. The fourth-order valence-electron chi connectivity index (χ4n) is 5.36. The molecule has 0 N–H and O–H groups in total. The molecule has 0 bridgehead atoms. The van der Waals surface area contributed by atoms with Gasteiger partial charge < -0.3 is 0 Å². The van der Waals surface area contributed by atoms with Crippen LogP contribution in [0.15, 0.2) is 72.8 Å². The van der Waals surface area contributed by atoms with Crippen molar-refractivity contribution in [1.82, 2.24) is 0 Å². The normalized spacial score (nSPS) is 19.6. The molecule has 1 heteroatoms. The van der Waals surface area contributed by atoms with Crippen molar-refractivity contribution < 1.29 is 4.39 Å². The topological polar surface area (TPSA) is 0 Å². The molecule has 0 heterocycles. The lowest BCUT2D eigenvalue weighted by molar-refractivity contribution is 0.297. The Bertz CT molecular complexity index is 1020. The molecule has 0 amide bonds. The molecule has 3 aromatic carbocycles. The SMILES string of the molecule is CCCc1ccc(/C=C/c2ccc(C3CCC(CC(C)c4ccccc4)CC3)cc2)c(F)c1. The highest BCUT2D eigenvalue weighted by molar-refractivity contribution is 5.70. The number of hydrogen-bond donors (Lipinski definition) is 0. The van der Waals surface area contributed by atoms with E-state index in [9.17, 15) is 4.39 Å². The molecule has 3 aromatic rings. The van der Waals surface area contributed by atoms with Crippen LogP contribution in [-0.2, 0) is 6.42 Å². The van der Waals surface area contributed by atoms with E-state index in [4.69, 9.17) is 0 Å². The maximum Gasteiger partial charge on any atom is 0.130 e. The van der Waals surface area contributed by atoms with Crippen LogP contribution in [0.1, 0.15) is 92.0 Å². The van der Waals surface area contributed by atoms with Gasteiger partial charge in [0.15, 0.2) is 0 Å². The zero-order valence-corrected chi connectivity index (χ0v) is 20.1. The largest absolute Gasteiger partial charge is 0.206 e. The Morgan fingerprint density at radius 2 is 1.61 bits per heavy atom. The maximum absolute atomic E-state index is 14.3. The van der Waals surface area contributed by atoms with E-state index in [1.165, 1.54) is 43.2 Å². The molecule has 1 unspecified atom stereocenters. The van der Waals surface area contributed by atoms with E-state index < -0.39 is 0 Å². The van der Waals surface area contributed by atoms with Crippen LogP contribution in [0.5, 0.6) is 0 Å². The summed E-state index contributed by atoms with van der Waals surface area (Å²) in [7, 11) is 0.